The molecule has 6 heteroatoms. The lowest BCUT2D eigenvalue weighted by Gasteiger charge is -2.16. The number of aromatic hydroxyl groups is 1. The van der Waals surface area contributed by atoms with Crippen LogP contribution in [-0.4, -0.2) is 38.5 Å². The van der Waals surface area contributed by atoms with Gasteiger partial charge in [-0.15, -0.1) is 0 Å². The Bertz CT molecular complexity index is 812. The molecule has 3 aromatic rings. The van der Waals surface area contributed by atoms with E-state index < -0.39 is 6.04 Å². The second kappa shape index (κ2) is 7.63. The normalized spacial score (nSPS) is 11.9. The van der Waals surface area contributed by atoms with E-state index in [1.165, 1.54) is 0 Å². The maximum absolute atomic E-state index is 12.4. The van der Waals surface area contributed by atoms with Gasteiger partial charge in [0, 0.05) is 18.0 Å². The lowest BCUT2D eigenvalue weighted by molar-refractivity contribution is 0.0916. The zero-order valence-electron chi connectivity index (χ0n) is 13.5. The predicted molar refractivity (Wildman–Crippen MR) is 93.7 cm³/mol. The van der Waals surface area contributed by atoms with E-state index in [1.54, 1.807) is 47.3 Å². The maximum Gasteiger partial charge on any atom is 0.251 e. The van der Waals surface area contributed by atoms with Gasteiger partial charge in [0.25, 0.3) is 5.91 Å². The molecule has 6 nitrogen and oxygen atoms in total. The first-order valence-corrected chi connectivity index (χ1v) is 7.95. The van der Waals surface area contributed by atoms with Crippen molar-refractivity contribution in [2.45, 2.75) is 12.5 Å². The highest BCUT2D eigenvalue weighted by atomic mass is 16.3. The van der Waals surface area contributed by atoms with Crippen LogP contribution in [0.4, 0.5) is 0 Å². The Morgan fingerprint density at radius 2 is 1.84 bits per heavy atom. The summed E-state index contributed by atoms with van der Waals surface area (Å²) in [5.41, 5.74) is 2.30. The van der Waals surface area contributed by atoms with Crippen LogP contribution in [-0.2, 0) is 6.42 Å². The zero-order chi connectivity index (χ0) is 17.6. The summed E-state index contributed by atoms with van der Waals surface area (Å²) in [5.74, 6) is -0.0598. The minimum atomic E-state index is -0.400. The van der Waals surface area contributed by atoms with Crippen LogP contribution in [0, 0.1) is 0 Å². The highest BCUT2D eigenvalue weighted by Gasteiger charge is 2.14. The van der Waals surface area contributed by atoms with E-state index in [0.717, 1.165) is 11.3 Å². The third-order valence-electron chi connectivity index (χ3n) is 3.87. The molecular formula is C19H19N3O3. The van der Waals surface area contributed by atoms with Crippen LogP contribution >= 0.6 is 0 Å². The summed E-state index contributed by atoms with van der Waals surface area (Å²) in [6.07, 6.45) is 4.00. The molecule has 25 heavy (non-hydrogen) atoms. The number of rotatable bonds is 6. The number of phenols is 1. The average Bonchev–Trinajstić information content (AvgIpc) is 3.17. The Hall–Kier alpha value is -3.12. The first kappa shape index (κ1) is 16.7. The molecular weight excluding hydrogens is 318 g/mol. The van der Waals surface area contributed by atoms with Crippen molar-refractivity contribution in [1.82, 2.24) is 15.1 Å². The third-order valence-corrected chi connectivity index (χ3v) is 3.87. The van der Waals surface area contributed by atoms with Crippen molar-refractivity contribution in [2.75, 3.05) is 6.61 Å². The molecule has 0 aliphatic carbocycles. The van der Waals surface area contributed by atoms with Crippen molar-refractivity contribution in [3.05, 3.63) is 78.1 Å². The van der Waals surface area contributed by atoms with Crippen LogP contribution in [0.2, 0.25) is 0 Å². The van der Waals surface area contributed by atoms with Crippen molar-refractivity contribution >= 4 is 5.91 Å². The summed E-state index contributed by atoms with van der Waals surface area (Å²) in [6.45, 7) is -0.169. The highest BCUT2D eigenvalue weighted by Crippen LogP contribution is 2.12. The number of benzene rings is 2. The summed E-state index contributed by atoms with van der Waals surface area (Å²) >= 11 is 0. The smallest absolute Gasteiger partial charge is 0.251 e. The maximum atomic E-state index is 12.4. The van der Waals surface area contributed by atoms with Gasteiger partial charge in [-0.1, -0.05) is 12.1 Å². The molecule has 3 rings (SSSR count). The van der Waals surface area contributed by atoms with Gasteiger partial charge in [0.2, 0.25) is 0 Å². The lowest BCUT2D eigenvalue weighted by Crippen LogP contribution is -2.39. The van der Waals surface area contributed by atoms with Gasteiger partial charge in [-0.25, -0.2) is 4.68 Å². The van der Waals surface area contributed by atoms with Crippen LogP contribution in [0.3, 0.4) is 0 Å². The molecule has 0 aliphatic heterocycles. The molecule has 0 bridgehead atoms. The number of nitrogens with zero attached hydrogens (tertiary/aromatic N) is 2. The molecule has 0 unspecified atom stereocenters. The monoisotopic (exact) mass is 337 g/mol. The van der Waals surface area contributed by atoms with Crippen molar-refractivity contribution in [3.8, 4) is 11.4 Å². The lowest BCUT2D eigenvalue weighted by atomic mass is 10.1. The van der Waals surface area contributed by atoms with Crippen LogP contribution in [0.1, 0.15) is 15.9 Å². The van der Waals surface area contributed by atoms with E-state index in [1.807, 2.05) is 24.4 Å². The first-order valence-electron chi connectivity index (χ1n) is 7.95. The van der Waals surface area contributed by atoms with Crippen molar-refractivity contribution < 1.29 is 15.0 Å². The Balaban J connectivity index is 1.64. The first-order chi connectivity index (χ1) is 12.2. The summed E-state index contributed by atoms with van der Waals surface area (Å²) in [7, 11) is 0. The summed E-state index contributed by atoms with van der Waals surface area (Å²) in [4.78, 5) is 12.4. The van der Waals surface area contributed by atoms with Gasteiger partial charge >= 0.3 is 0 Å². The van der Waals surface area contributed by atoms with Crippen LogP contribution in [0.15, 0.2) is 67.0 Å². The minimum absolute atomic E-state index is 0.169. The predicted octanol–water partition coefficient (Wildman–Crippen LogP) is 1.91. The molecule has 1 atom stereocenters. The topological polar surface area (TPSA) is 87.4 Å². The standard InChI is InChI=1S/C19H19N3O3/c23-13-16(12-14-2-8-18(24)9-3-14)21-19(25)15-4-6-17(7-5-15)22-11-1-10-20-22/h1-11,16,23-24H,12-13H2,(H,21,25)/t16-/m0/s1. The van der Waals surface area contributed by atoms with E-state index in [2.05, 4.69) is 10.4 Å². The summed E-state index contributed by atoms with van der Waals surface area (Å²) in [6, 6.07) is 15.2. The summed E-state index contributed by atoms with van der Waals surface area (Å²) < 4.78 is 1.71. The fourth-order valence-corrected chi connectivity index (χ4v) is 2.53. The number of hydrogen-bond donors (Lipinski definition) is 3. The number of aliphatic hydroxyl groups is 1. The fraction of sp³-hybridized carbons (Fsp3) is 0.158. The van der Waals surface area contributed by atoms with Crippen LogP contribution in [0.5, 0.6) is 5.75 Å². The third kappa shape index (κ3) is 4.24. The summed E-state index contributed by atoms with van der Waals surface area (Å²) in [5, 5.41) is 25.8. The van der Waals surface area contributed by atoms with Gasteiger partial charge in [-0.2, -0.15) is 5.10 Å². The molecule has 0 saturated heterocycles. The van der Waals surface area contributed by atoms with Crippen molar-refractivity contribution in [3.63, 3.8) is 0 Å². The number of carbonyl (C=O) groups excluding carboxylic acids is 1. The van der Waals surface area contributed by atoms with E-state index in [0.29, 0.717) is 12.0 Å². The zero-order valence-corrected chi connectivity index (χ0v) is 13.5. The second-order valence-corrected chi connectivity index (χ2v) is 5.72. The molecule has 128 valence electrons. The molecule has 2 aromatic carbocycles. The molecule has 0 radical (unpaired) electrons. The number of nitrogens with one attached hydrogen (secondary N) is 1. The second-order valence-electron chi connectivity index (χ2n) is 5.72. The fourth-order valence-electron chi connectivity index (χ4n) is 2.53. The molecule has 1 amide bonds. The Morgan fingerprint density at radius 3 is 2.44 bits per heavy atom. The molecule has 1 heterocycles. The average molecular weight is 337 g/mol. The van der Waals surface area contributed by atoms with Crippen molar-refractivity contribution in [2.24, 2.45) is 0 Å². The number of aromatic nitrogens is 2. The Labute approximate surface area is 145 Å². The van der Waals surface area contributed by atoms with Crippen LogP contribution in [0.25, 0.3) is 5.69 Å². The molecule has 0 aliphatic rings. The molecule has 0 fully saturated rings. The quantitative estimate of drug-likeness (QED) is 0.641. The Kier molecular flexibility index (Phi) is 5.11. The number of carbonyl (C=O) groups is 1. The van der Waals surface area contributed by atoms with E-state index in [4.69, 9.17) is 0 Å². The van der Waals surface area contributed by atoms with E-state index in [9.17, 15) is 15.0 Å². The van der Waals surface area contributed by atoms with Gasteiger partial charge in [0.15, 0.2) is 0 Å². The Morgan fingerprint density at radius 1 is 1.12 bits per heavy atom. The largest absolute Gasteiger partial charge is 0.508 e. The minimum Gasteiger partial charge on any atom is -0.508 e. The number of aliphatic hydroxyl groups excluding tert-OH is 1. The van der Waals surface area contributed by atoms with Gasteiger partial charge < -0.3 is 15.5 Å². The van der Waals surface area contributed by atoms with Gasteiger partial charge in [0.1, 0.15) is 5.75 Å². The SMILES string of the molecule is O=C(N[C@H](CO)Cc1ccc(O)cc1)c1ccc(-n2cccn2)cc1. The van der Waals surface area contributed by atoms with E-state index in [-0.39, 0.29) is 18.3 Å². The number of hydrogen-bond acceptors (Lipinski definition) is 4. The van der Waals surface area contributed by atoms with Gasteiger partial charge in [0.05, 0.1) is 18.3 Å². The molecule has 1 aromatic heterocycles. The number of amides is 1. The highest BCUT2D eigenvalue weighted by molar-refractivity contribution is 5.94. The van der Waals surface area contributed by atoms with Crippen molar-refractivity contribution in [1.29, 1.82) is 0 Å². The van der Waals surface area contributed by atoms with E-state index >= 15 is 0 Å². The number of phenolic OH excluding ortho intramolecular Hbond substituents is 1. The van der Waals surface area contributed by atoms with Gasteiger partial charge in [-0.3, -0.25) is 4.79 Å². The molecule has 0 saturated carbocycles. The van der Waals surface area contributed by atoms with Gasteiger partial charge in [-0.05, 0) is 54.4 Å². The molecule has 0 spiro atoms. The van der Waals surface area contributed by atoms with Crippen LogP contribution < -0.4 is 5.32 Å². The molecule has 3 N–H and O–H groups in total.